The third kappa shape index (κ3) is 4.70. The van der Waals surface area contributed by atoms with E-state index in [1.807, 2.05) is 24.3 Å². The van der Waals surface area contributed by atoms with E-state index in [4.69, 9.17) is 9.97 Å². The van der Waals surface area contributed by atoms with Gasteiger partial charge in [-0.1, -0.05) is 12.1 Å². The number of benzene rings is 1. The smallest absolute Gasteiger partial charge is 0.278 e. The first-order valence-corrected chi connectivity index (χ1v) is 13.5. The van der Waals surface area contributed by atoms with Crippen LogP contribution in [0.15, 0.2) is 60.0 Å². The standard InChI is InChI=1S/C29H34N8O2/c1-4-15-36-28(39)23-18-30-29(33-27(23)37(36)25-12-6-19-5-11-24(38)26(19)32-25)31-20-7-9-22(10-8-20)35-16-13-21(14-17-35)34(2)3/h4,6-10,12,18,21,24,38H,1,5,11,13-17H2,2-3H3,(H,30,31,33). The second kappa shape index (κ2) is 10.3. The van der Waals surface area contributed by atoms with Crippen molar-refractivity contribution < 1.29 is 5.11 Å². The molecular formula is C29H34N8O2. The fraction of sp³-hybridized carbons (Fsp3) is 0.379. The quantitative estimate of drug-likeness (QED) is 0.353. The molecule has 4 heterocycles. The van der Waals surface area contributed by atoms with Crippen LogP contribution in [-0.4, -0.2) is 67.5 Å². The average Bonchev–Trinajstić information content (AvgIpc) is 3.45. The van der Waals surface area contributed by atoms with Crippen LogP contribution in [0.25, 0.3) is 16.9 Å². The van der Waals surface area contributed by atoms with Crippen LogP contribution in [0.3, 0.4) is 0 Å². The van der Waals surface area contributed by atoms with Crippen LogP contribution in [0.2, 0.25) is 0 Å². The predicted molar refractivity (Wildman–Crippen MR) is 153 cm³/mol. The summed E-state index contributed by atoms with van der Waals surface area (Å²) in [5, 5.41) is 14.1. The molecule has 0 radical (unpaired) electrons. The van der Waals surface area contributed by atoms with Crippen molar-refractivity contribution in [1.82, 2.24) is 29.2 Å². The van der Waals surface area contributed by atoms with E-state index in [0.717, 1.165) is 43.6 Å². The van der Waals surface area contributed by atoms with Crippen LogP contribution >= 0.6 is 0 Å². The summed E-state index contributed by atoms with van der Waals surface area (Å²) in [7, 11) is 4.31. The van der Waals surface area contributed by atoms with Gasteiger partial charge in [0.15, 0.2) is 11.5 Å². The number of aliphatic hydroxyl groups excluding tert-OH is 1. The average molecular weight is 527 g/mol. The van der Waals surface area contributed by atoms with E-state index in [0.29, 0.717) is 41.0 Å². The van der Waals surface area contributed by atoms with Gasteiger partial charge in [0, 0.05) is 36.7 Å². The largest absolute Gasteiger partial charge is 0.387 e. The van der Waals surface area contributed by atoms with Gasteiger partial charge in [-0.15, -0.1) is 6.58 Å². The Morgan fingerprint density at radius 2 is 1.87 bits per heavy atom. The van der Waals surface area contributed by atoms with E-state index in [1.165, 1.54) is 5.69 Å². The predicted octanol–water partition coefficient (Wildman–Crippen LogP) is 3.42. The Morgan fingerprint density at radius 3 is 2.59 bits per heavy atom. The van der Waals surface area contributed by atoms with Crippen molar-refractivity contribution in [3.63, 3.8) is 0 Å². The maximum Gasteiger partial charge on any atom is 0.278 e. The number of rotatable bonds is 7. The Kier molecular flexibility index (Phi) is 6.66. The summed E-state index contributed by atoms with van der Waals surface area (Å²) < 4.78 is 3.23. The lowest BCUT2D eigenvalue weighted by molar-refractivity contribution is 0.175. The molecule has 0 spiro atoms. The SMILES string of the molecule is C=CCn1c(=O)c2cnc(Nc3ccc(N4CCC(N(C)C)CC4)cc3)nc2n1-c1ccc2c(n1)C(O)CC2. The minimum atomic E-state index is -0.601. The fourth-order valence-electron chi connectivity index (χ4n) is 5.67. The zero-order chi connectivity index (χ0) is 27.1. The molecule has 1 aliphatic heterocycles. The van der Waals surface area contributed by atoms with Crippen molar-refractivity contribution in [2.24, 2.45) is 0 Å². The van der Waals surface area contributed by atoms with Crippen molar-refractivity contribution in [3.05, 3.63) is 76.9 Å². The molecule has 0 amide bonds. The summed E-state index contributed by atoms with van der Waals surface area (Å²) in [5.41, 5.74) is 3.98. The van der Waals surface area contributed by atoms with Crippen molar-refractivity contribution in [1.29, 1.82) is 0 Å². The molecule has 1 unspecified atom stereocenters. The number of allylic oxidation sites excluding steroid dienone is 1. The van der Waals surface area contributed by atoms with Gasteiger partial charge in [-0.3, -0.25) is 4.79 Å². The molecule has 1 aromatic carbocycles. The van der Waals surface area contributed by atoms with Gasteiger partial charge in [0.05, 0.1) is 18.3 Å². The molecule has 2 aliphatic rings. The van der Waals surface area contributed by atoms with Crippen molar-refractivity contribution >= 4 is 28.4 Å². The minimum absolute atomic E-state index is 0.221. The molecule has 1 atom stereocenters. The van der Waals surface area contributed by atoms with Gasteiger partial charge >= 0.3 is 0 Å². The Bertz CT molecular complexity index is 1560. The molecule has 0 saturated carbocycles. The highest BCUT2D eigenvalue weighted by atomic mass is 16.3. The molecule has 1 aliphatic carbocycles. The monoisotopic (exact) mass is 526 g/mol. The Balaban J connectivity index is 1.29. The summed E-state index contributed by atoms with van der Waals surface area (Å²) in [6, 6.07) is 12.8. The van der Waals surface area contributed by atoms with Crippen LogP contribution < -0.4 is 15.8 Å². The van der Waals surface area contributed by atoms with Crippen molar-refractivity contribution in [2.45, 2.75) is 44.4 Å². The first-order chi connectivity index (χ1) is 18.9. The minimum Gasteiger partial charge on any atom is -0.387 e. The number of aromatic nitrogens is 5. The number of hydrogen-bond acceptors (Lipinski definition) is 8. The third-order valence-electron chi connectivity index (χ3n) is 7.88. The number of nitrogens with zero attached hydrogens (tertiary/aromatic N) is 7. The topological polar surface area (TPSA) is 104 Å². The molecule has 1 saturated heterocycles. The third-order valence-corrected chi connectivity index (χ3v) is 7.88. The van der Waals surface area contributed by atoms with Crippen LogP contribution in [0.1, 0.15) is 36.6 Å². The number of nitrogens with one attached hydrogen (secondary N) is 1. The fourth-order valence-corrected chi connectivity index (χ4v) is 5.67. The second-order valence-corrected chi connectivity index (χ2v) is 10.5. The Hall–Kier alpha value is -4.02. The summed E-state index contributed by atoms with van der Waals surface area (Å²) >= 11 is 0. The molecule has 0 bridgehead atoms. The maximum absolute atomic E-state index is 13.2. The number of fused-ring (bicyclic) bond motifs is 2. The van der Waals surface area contributed by atoms with Gasteiger partial charge in [0.25, 0.3) is 5.56 Å². The summed E-state index contributed by atoms with van der Waals surface area (Å²) in [5.74, 6) is 0.906. The van der Waals surface area contributed by atoms with Gasteiger partial charge in [-0.05, 0) is 75.7 Å². The van der Waals surface area contributed by atoms with E-state index in [9.17, 15) is 9.90 Å². The van der Waals surface area contributed by atoms with E-state index in [-0.39, 0.29) is 12.1 Å². The highest BCUT2D eigenvalue weighted by Crippen LogP contribution is 2.30. The zero-order valence-corrected chi connectivity index (χ0v) is 22.4. The lowest BCUT2D eigenvalue weighted by Gasteiger charge is -2.36. The first-order valence-electron chi connectivity index (χ1n) is 13.5. The summed E-state index contributed by atoms with van der Waals surface area (Å²) in [6.07, 6.45) is 6.37. The molecule has 2 N–H and O–H groups in total. The molecule has 3 aromatic heterocycles. The number of aryl methyl sites for hydroxylation is 1. The molecule has 202 valence electrons. The molecular weight excluding hydrogens is 492 g/mol. The highest BCUT2D eigenvalue weighted by molar-refractivity contribution is 5.77. The van der Waals surface area contributed by atoms with Gasteiger partial charge in [-0.2, -0.15) is 4.98 Å². The van der Waals surface area contributed by atoms with E-state index < -0.39 is 6.10 Å². The molecule has 1 fully saturated rings. The lowest BCUT2D eigenvalue weighted by atomic mass is 10.0. The van der Waals surface area contributed by atoms with E-state index in [1.54, 1.807) is 21.6 Å². The van der Waals surface area contributed by atoms with Gasteiger partial charge in [0.1, 0.15) is 5.39 Å². The Labute approximate surface area is 227 Å². The van der Waals surface area contributed by atoms with Crippen LogP contribution in [0, 0.1) is 0 Å². The molecule has 6 rings (SSSR count). The number of anilines is 3. The first kappa shape index (κ1) is 25.3. The molecule has 10 nitrogen and oxygen atoms in total. The van der Waals surface area contributed by atoms with Gasteiger partial charge in [0.2, 0.25) is 5.95 Å². The number of aliphatic hydroxyl groups is 1. The maximum atomic E-state index is 13.2. The van der Waals surface area contributed by atoms with Crippen LogP contribution in [-0.2, 0) is 13.0 Å². The van der Waals surface area contributed by atoms with Crippen molar-refractivity contribution in [3.8, 4) is 5.82 Å². The van der Waals surface area contributed by atoms with Crippen LogP contribution in [0.5, 0.6) is 0 Å². The van der Waals surface area contributed by atoms with E-state index >= 15 is 0 Å². The number of hydrogen-bond donors (Lipinski definition) is 2. The summed E-state index contributed by atoms with van der Waals surface area (Å²) in [6.45, 7) is 6.18. The van der Waals surface area contributed by atoms with Crippen LogP contribution in [0.4, 0.5) is 17.3 Å². The normalized spacial score (nSPS) is 17.6. The molecule has 4 aromatic rings. The lowest BCUT2D eigenvalue weighted by Crippen LogP contribution is -2.41. The van der Waals surface area contributed by atoms with Crippen molar-refractivity contribution in [2.75, 3.05) is 37.4 Å². The number of pyridine rings is 1. The second-order valence-electron chi connectivity index (χ2n) is 10.5. The highest BCUT2D eigenvalue weighted by Gasteiger charge is 2.25. The van der Waals surface area contributed by atoms with E-state index in [2.05, 4.69) is 52.9 Å². The molecule has 39 heavy (non-hydrogen) atoms. The molecule has 10 heteroatoms. The van der Waals surface area contributed by atoms with Gasteiger partial charge in [-0.25, -0.2) is 19.3 Å². The zero-order valence-electron chi connectivity index (χ0n) is 22.4. The number of piperidine rings is 1. The van der Waals surface area contributed by atoms with Gasteiger partial charge < -0.3 is 20.2 Å². The Morgan fingerprint density at radius 1 is 1.10 bits per heavy atom. The summed E-state index contributed by atoms with van der Waals surface area (Å²) in [4.78, 5) is 31.9.